The van der Waals surface area contributed by atoms with Crippen molar-refractivity contribution in [2.75, 3.05) is 37.6 Å². The summed E-state index contributed by atoms with van der Waals surface area (Å²) in [6.45, 7) is 10.5. The molecule has 0 aliphatic carbocycles. The van der Waals surface area contributed by atoms with E-state index in [1.165, 1.54) is 69.7 Å². The minimum atomic E-state index is 1.18. The Balaban J connectivity index is 1.71. The Kier molecular flexibility index (Phi) is 5.71. The van der Waals surface area contributed by atoms with Crippen molar-refractivity contribution in [1.29, 1.82) is 0 Å². The highest BCUT2D eigenvalue weighted by Crippen LogP contribution is 2.17. The van der Waals surface area contributed by atoms with Crippen LogP contribution in [-0.4, -0.2) is 37.6 Å². The van der Waals surface area contributed by atoms with Gasteiger partial charge >= 0.3 is 0 Å². The van der Waals surface area contributed by atoms with Gasteiger partial charge in [0.25, 0.3) is 0 Å². The van der Waals surface area contributed by atoms with Gasteiger partial charge in [-0.05, 0) is 32.0 Å². The van der Waals surface area contributed by atoms with E-state index in [4.69, 9.17) is 0 Å². The molecule has 1 aliphatic rings. The van der Waals surface area contributed by atoms with Crippen LogP contribution in [0.4, 0.5) is 5.69 Å². The number of anilines is 1. The fraction of sp³-hybridized carbons (Fsp3) is 0.647. The molecule has 0 unspecified atom stereocenters. The Hall–Kier alpha value is -1.02. The molecule has 0 radical (unpaired) electrons. The average molecular weight is 260 g/mol. The summed E-state index contributed by atoms with van der Waals surface area (Å²) in [6, 6.07) is 8.94. The number of unbranched alkanes of at least 4 members (excludes halogenated alkanes) is 3. The summed E-state index contributed by atoms with van der Waals surface area (Å²) >= 11 is 0. The Morgan fingerprint density at radius 2 is 1.58 bits per heavy atom. The molecule has 106 valence electrons. The van der Waals surface area contributed by atoms with Crippen LogP contribution < -0.4 is 4.90 Å². The van der Waals surface area contributed by atoms with E-state index >= 15 is 0 Å². The van der Waals surface area contributed by atoms with E-state index < -0.39 is 0 Å². The van der Waals surface area contributed by atoms with Crippen molar-refractivity contribution in [2.45, 2.75) is 39.5 Å². The number of piperazine rings is 1. The van der Waals surface area contributed by atoms with Crippen molar-refractivity contribution in [3.8, 4) is 0 Å². The molecule has 1 heterocycles. The van der Waals surface area contributed by atoms with E-state index in [0.717, 1.165) is 0 Å². The SMILES string of the molecule is CCCCCCN1CCN(c2ccc(C)cc2)CC1. The lowest BCUT2D eigenvalue weighted by atomic mass is 10.1. The lowest BCUT2D eigenvalue weighted by Crippen LogP contribution is -2.46. The Morgan fingerprint density at radius 3 is 2.21 bits per heavy atom. The third kappa shape index (κ3) is 4.54. The molecule has 0 amide bonds. The van der Waals surface area contributed by atoms with Crippen molar-refractivity contribution in [1.82, 2.24) is 4.90 Å². The molecule has 1 fully saturated rings. The molecular formula is C17H28N2. The van der Waals surface area contributed by atoms with Crippen LogP contribution in [-0.2, 0) is 0 Å². The van der Waals surface area contributed by atoms with Gasteiger partial charge in [0.05, 0.1) is 0 Å². The predicted octanol–water partition coefficient (Wildman–Crippen LogP) is 3.70. The first kappa shape index (κ1) is 14.4. The molecule has 0 spiro atoms. The minimum Gasteiger partial charge on any atom is -0.369 e. The van der Waals surface area contributed by atoms with Crippen LogP contribution in [0, 0.1) is 6.92 Å². The molecule has 2 nitrogen and oxygen atoms in total. The first-order valence-corrected chi connectivity index (χ1v) is 7.83. The smallest absolute Gasteiger partial charge is 0.0367 e. The second-order valence-corrected chi connectivity index (χ2v) is 5.72. The first-order valence-electron chi connectivity index (χ1n) is 7.83. The van der Waals surface area contributed by atoms with Crippen LogP contribution in [0.1, 0.15) is 38.2 Å². The Labute approximate surface area is 118 Å². The number of hydrogen-bond donors (Lipinski definition) is 0. The first-order chi connectivity index (χ1) is 9.29. The molecule has 0 aromatic heterocycles. The van der Waals surface area contributed by atoms with Gasteiger partial charge < -0.3 is 4.90 Å². The highest BCUT2D eigenvalue weighted by atomic mass is 15.3. The van der Waals surface area contributed by atoms with Crippen LogP contribution >= 0.6 is 0 Å². The molecule has 2 heteroatoms. The molecule has 1 saturated heterocycles. The normalized spacial score (nSPS) is 16.8. The molecular weight excluding hydrogens is 232 g/mol. The fourth-order valence-electron chi connectivity index (χ4n) is 2.75. The summed E-state index contributed by atoms with van der Waals surface area (Å²) in [5.41, 5.74) is 2.73. The van der Waals surface area contributed by atoms with E-state index in [2.05, 4.69) is 47.9 Å². The van der Waals surface area contributed by atoms with Gasteiger partial charge in [-0.1, -0.05) is 43.9 Å². The number of nitrogens with zero attached hydrogens (tertiary/aromatic N) is 2. The minimum absolute atomic E-state index is 1.18. The lowest BCUT2D eigenvalue weighted by Gasteiger charge is -2.36. The summed E-state index contributed by atoms with van der Waals surface area (Å²) < 4.78 is 0. The van der Waals surface area contributed by atoms with E-state index in [-0.39, 0.29) is 0 Å². The predicted molar refractivity (Wildman–Crippen MR) is 84.0 cm³/mol. The molecule has 0 N–H and O–H groups in total. The van der Waals surface area contributed by atoms with Crippen molar-refractivity contribution in [3.63, 3.8) is 0 Å². The zero-order valence-corrected chi connectivity index (χ0v) is 12.6. The quantitative estimate of drug-likeness (QED) is 0.720. The number of benzene rings is 1. The monoisotopic (exact) mass is 260 g/mol. The maximum atomic E-state index is 2.63. The van der Waals surface area contributed by atoms with E-state index in [0.29, 0.717) is 0 Å². The van der Waals surface area contributed by atoms with Crippen LogP contribution in [0.15, 0.2) is 24.3 Å². The van der Waals surface area contributed by atoms with Gasteiger partial charge in [0, 0.05) is 31.9 Å². The fourth-order valence-corrected chi connectivity index (χ4v) is 2.75. The average Bonchev–Trinajstić information content (AvgIpc) is 2.45. The van der Waals surface area contributed by atoms with Gasteiger partial charge in [0.15, 0.2) is 0 Å². The highest BCUT2D eigenvalue weighted by molar-refractivity contribution is 5.47. The van der Waals surface area contributed by atoms with Crippen molar-refractivity contribution in [3.05, 3.63) is 29.8 Å². The molecule has 1 aliphatic heterocycles. The zero-order chi connectivity index (χ0) is 13.5. The number of hydrogen-bond acceptors (Lipinski definition) is 2. The van der Waals surface area contributed by atoms with Gasteiger partial charge in [0.2, 0.25) is 0 Å². The second-order valence-electron chi connectivity index (χ2n) is 5.72. The topological polar surface area (TPSA) is 6.48 Å². The molecule has 19 heavy (non-hydrogen) atoms. The number of aryl methyl sites for hydroxylation is 1. The van der Waals surface area contributed by atoms with E-state index in [1.807, 2.05) is 0 Å². The van der Waals surface area contributed by atoms with Gasteiger partial charge in [-0.25, -0.2) is 0 Å². The maximum absolute atomic E-state index is 2.63. The third-order valence-corrected chi connectivity index (χ3v) is 4.10. The highest BCUT2D eigenvalue weighted by Gasteiger charge is 2.16. The largest absolute Gasteiger partial charge is 0.369 e. The molecule has 0 bridgehead atoms. The van der Waals surface area contributed by atoms with Crippen LogP contribution in [0.25, 0.3) is 0 Å². The molecule has 0 saturated carbocycles. The summed E-state index contributed by atoms with van der Waals surface area (Å²) in [5.74, 6) is 0. The second kappa shape index (κ2) is 7.54. The Morgan fingerprint density at radius 1 is 0.895 bits per heavy atom. The molecule has 1 aromatic rings. The van der Waals surface area contributed by atoms with Crippen LogP contribution in [0.2, 0.25) is 0 Å². The summed E-state index contributed by atoms with van der Waals surface area (Å²) in [6.07, 6.45) is 5.50. The van der Waals surface area contributed by atoms with Gasteiger partial charge in [0.1, 0.15) is 0 Å². The summed E-state index contributed by atoms with van der Waals surface area (Å²) in [7, 11) is 0. The molecule has 1 aromatic carbocycles. The van der Waals surface area contributed by atoms with Crippen LogP contribution in [0.3, 0.4) is 0 Å². The van der Waals surface area contributed by atoms with Gasteiger partial charge in [-0.3, -0.25) is 4.90 Å². The molecule has 0 atom stereocenters. The summed E-state index contributed by atoms with van der Waals surface area (Å²) in [4.78, 5) is 5.14. The standard InChI is InChI=1S/C17H28N2/c1-3-4-5-6-11-18-12-14-19(15-13-18)17-9-7-16(2)8-10-17/h7-10H,3-6,11-15H2,1-2H3. The zero-order valence-electron chi connectivity index (χ0n) is 12.6. The maximum Gasteiger partial charge on any atom is 0.0367 e. The van der Waals surface area contributed by atoms with Crippen LogP contribution in [0.5, 0.6) is 0 Å². The van der Waals surface area contributed by atoms with Crippen molar-refractivity contribution >= 4 is 5.69 Å². The van der Waals surface area contributed by atoms with Crippen molar-refractivity contribution < 1.29 is 0 Å². The van der Waals surface area contributed by atoms with E-state index in [1.54, 1.807) is 0 Å². The van der Waals surface area contributed by atoms with E-state index in [9.17, 15) is 0 Å². The third-order valence-electron chi connectivity index (χ3n) is 4.10. The molecule has 2 rings (SSSR count). The Bertz CT molecular complexity index is 350. The van der Waals surface area contributed by atoms with Gasteiger partial charge in [-0.15, -0.1) is 0 Å². The number of rotatable bonds is 6. The van der Waals surface area contributed by atoms with Crippen molar-refractivity contribution in [2.24, 2.45) is 0 Å². The lowest BCUT2D eigenvalue weighted by molar-refractivity contribution is 0.252. The summed E-state index contributed by atoms with van der Waals surface area (Å²) in [5, 5.41) is 0. The van der Waals surface area contributed by atoms with Gasteiger partial charge in [-0.2, -0.15) is 0 Å².